The number of hydrogen-bond donors (Lipinski definition) is 2. The molecule has 2 aromatic rings. The Hall–Kier alpha value is -2.48. The Morgan fingerprint density at radius 2 is 2.19 bits per heavy atom. The smallest absolute Gasteiger partial charge is 0.270 e. The van der Waals surface area contributed by atoms with Crippen molar-refractivity contribution in [2.24, 2.45) is 0 Å². The molecule has 2 amide bonds. The van der Waals surface area contributed by atoms with Crippen LogP contribution in [0.3, 0.4) is 0 Å². The van der Waals surface area contributed by atoms with Gasteiger partial charge >= 0.3 is 0 Å². The highest BCUT2D eigenvalue weighted by Gasteiger charge is 2.40. The summed E-state index contributed by atoms with van der Waals surface area (Å²) in [5.41, 5.74) is 1.81. The summed E-state index contributed by atoms with van der Waals surface area (Å²) >= 11 is 1.61. The molecule has 1 saturated carbocycles. The van der Waals surface area contributed by atoms with E-state index in [1.165, 1.54) is 0 Å². The van der Waals surface area contributed by atoms with E-state index < -0.39 is 5.54 Å². The molecule has 8 heteroatoms. The van der Waals surface area contributed by atoms with E-state index in [0.29, 0.717) is 18.8 Å². The molecule has 0 spiro atoms. The van der Waals surface area contributed by atoms with E-state index in [1.54, 1.807) is 23.6 Å². The molecule has 2 fully saturated rings. The van der Waals surface area contributed by atoms with Crippen LogP contribution >= 0.6 is 11.3 Å². The summed E-state index contributed by atoms with van der Waals surface area (Å²) in [4.78, 5) is 35.5. The number of piperazine rings is 1. The Labute approximate surface area is 162 Å². The van der Waals surface area contributed by atoms with Crippen molar-refractivity contribution < 1.29 is 9.59 Å². The Balaban J connectivity index is 1.55. The lowest BCUT2D eigenvalue weighted by molar-refractivity contribution is -0.120. The molecular formula is C19H23N5O2S. The van der Waals surface area contributed by atoms with Gasteiger partial charge in [0.05, 0.1) is 12.1 Å². The monoisotopic (exact) mass is 385 g/mol. The first-order valence-corrected chi connectivity index (χ1v) is 10.2. The summed E-state index contributed by atoms with van der Waals surface area (Å²) in [6, 6.07) is 3.61. The number of thiazole rings is 1. The van der Waals surface area contributed by atoms with Crippen LogP contribution in [-0.4, -0.2) is 41.4 Å². The summed E-state index contributed by atoms with van der Waals surface area (Å²) < 4.78 is 0. The zero-order chi connectivity index (χ0) is 18.9. The maximum atomic E-state index is 13.0. The van der Waals surface area contributed by atoms with E-state index in [2.05, 4.69) is 20.6 Å². The van der Waals surface area contributed by atoms with Crippen LogP contribution in [-0.2, 0) is 10.3 Å². The van der Waals surface area contributed by atoms with Crippen LogP contribution in [0.1, 0.15) is 46.9 Å². The lowest BCUT2D eigenvalue weighted by Gasteiger charge is -2.29. The second kappa shape index (κ2) is 7.26. The van der Waals surface area contributed by atoms with Crippen LogP contribution in [0.15, 0.2) is 23.7 Å². The van der Waals surface area contributed by atoms with Crippen molar-refractivity contribution in [2.75, 3.05) is 24.5 Å². The number of aromatic nitrogens is 2. The molecule has 0 aromatic carbocycles. The summed E-state index contributed by atoms with van der Waals surface area (Å²) in [7, 11) is 0. The van der Waals surface area contributed by atoms with E-state index in [0.717, 1.165) is 48.6 Å². The Morgan fingerprint density at radius 3 is 2.89 bits per heavy atom. The fraction of sp³-hybridized carbons (Fsp3) is 0.474. The lowest BCUT2D eigenvalue weighted by atomic mass is 9.98. The van der Waals surface area contributed by atoms with Gasteiger partial charge in [-0.1, -0.05) is 12.8 Å². The third-order valence-electron chi connectivity index (χ3n) is 5.22. The van der Waals surface area contributed by atoms with E-state index in [-0.39, 0.29) is 11.8 Å². The highest BCUT2D eigenvalue weighted by molar-refractivity contribution is 7.09. The number of carbonyl (C=O) groups excluding carboxylic acids is 2. The van der Waals surface area contributed by atoms with E-state index in [4.69, 9.17) is 0 Å². The second-order valence-corrected chi connectivity index (χ2v) is 8.07. The van der Waals surface area contributed by atoms with Crippen molar-refractivity contribution in [3.63, 3.8) is 0 Å². The molecule has 0 bridgehead atoms. The van der Waals surface area contributed by atoms with Crippen molar-refractivity contribution in [1.82, 2.24) is 20.6 Å². The molecule has 142 valence electrons. The maximum absolute atomic E-state index is 13.0. The first kappa shape index (κ1) is 17.9. The third-order valence-corrected chi connectivity index (χ3v) is 6.38. The van der Waals surface area contributed by atoms with E-state index >= 15 is 0 Å². The number of rotatable bonds is 4. The van der Waals surface area contributed by atoms with Crippen molar-refractivity contribution in [3.05, 3.63) is 40.1 Å². The molecule has 1 aliphatic heterocycles. The van der Waals surface area contributed by atoms with Crippen LogP contribution in [0.25, 0.3) is 0 Å². The largest absolute Gasteiger partial charge is 0.360 e. The van der Waals surface area contributed by atoms with Gasteiger partial charge in [-0.3, -0.25) is 14.6 Å². The van der Waals surface area contributed by atoms with Gasteiger partial charge in [0.15, 0.2) is 0 Å². The van der Waals surface area contributed by atoms with Crippen LogP contribution in [0.5, 0.6) is 0 Å². The predicted octanol–water partition coefficient (Wildman–Crippen LogP) is 1.98. The molecule has 1 aliphatic carbocycles. The average Bonchev–Trinajstić information content (AvgIpc) is 3.32. The van der Waals surface area contributed by atoms with Crippen LogP contribution < -0.4 is 15.5 Å². The molecule has 2 aromatic heterocycles. The number of amides is 2. The molecule has 0 atom stereocenters. The van der Waals surface area contributed by atoms with Gasteiger partial charge in [0, 0.05) is 36.0 Å². The van der Waals surface area contributed by atoms with Gasteiger partial charge in [0.2, 0.25) is 5.91 Å². The van der Waals surface area contributed by atoms with E-state index in [1.807, 2.05) is 23.3 Å². The molecular weight excluding hydrogens is 362 g/mol. The van der Waals surface area contributed by atoms with Gasteiger partial charge in [0.25, 0.3) is 5.91 Å². The highest BCUT2D eigenvalue weighted by Crippen LogP contribution is 2.40. The molecule has 1 saturated heterocycles. The minimum Gasteiger partial charge on any atom is -0.360 e. The fourth-order valence-electron chi connectivity index (χ4n) is 3.83. The van der Waals surface area contributed by atoms with Crippen LogP contribution in [0.2, 0.25) is 0 Å². The Morgan fingerprint density at radius 1 is 1.37 bits per heavy atom. The topological polar surface area (TPSA) is 87.2 Å². The minimum atomic E-state index is -0.390. The number of anilines is 1. The standard InChI is InChI=1S/C19H23N5O2S/c1-13-12-27-18(22-13)19(5-2-3-6-19)23-17(26)15-10-14(4-7-20-15)24-9-8-21-16(25)11-24/h4,7,10,12H,2-3,5-6,8-9,11H2,1H3,(H,21,25)(H,23,26). The van der Waals surface area contributed by atoms with Crippen molar-refractivity contribution in [3.8, 4) is 0 Å². The number of nitrogens with zero attached hydrogens (tertiary/aromatic N) is 3. The van der Waals surface area contributed by atoms with Crippen molar-refractivity contribution >= 4 is 28.8 Å². The van der Waals surface area contributed by atoms with Crippen LogP contribution in [0.4, 0.5) is 5.69 Å². The number of carbonyl (C=O) groups is 2. The number of hydrogen-bond acceptors (Lipinski definition) is 6. The summed E-state index contributed by atoms with van der Waals surface area (Å²) in [6.45, 7) is 3.60. The van der Waals surface area contributed by atoms with Gasteiger partial charge in [-0.25, -0.2) is 4.98 Å². The maximum Gasteiger partial charge on any atom is 0.270 e. The molecule has 2 aliphatic rings. The SMILES string of the molecule is Cc1csc(C2(NC(=O)c3cc(N4CCNC(=O)C4)ccn3)CCCC2)n1. The van der Waals surface area contributed by atoms with Gasteiger partial charge in [-0.05, 0) is 31.9 Å². The van der Waals surface area contributed by atoms with Gasteiger partial charge in [0.1, 0.15) is 10.7 Å². The average molecular weight is 385 g/mol. The van der Waals surface area contributed by atoms with Gasteiger partial charge in [-0.2, -0.15) is 0 Å². The second-order valence-electron chi connectivity index (χ2n) is 7.21. The molecule has 27 heavy (non-hydrogen) atoms. The van der Waals surface area contributed by atoms with Gasteiger partial charge < -0.3 is 15.5 Å². The molecule has 0 unspecified atom stereocenters. The minimum absolute atomic E-state index is 0.00638. The molecule has 2 N–H and O–H groups in total. The quantitative estimate of drug-likeness (QED) is 0.840. The molecule has 0 radical (unpaired) electrons. The molecule has 4 rings (SSSR count). The third kappa shape index (κ3) is 3.66. The zero-order valence-corrected chi connectivity index (χ0v) is 16.1. The summed E-state index contributed by atoms with van der Waals surface area (Å²) in [5.74, 6) is -0.193. The summed E-state index contributed by atoms with van der Waals surface area (Å²) in [6.07, 6.45) is 5.59. The molecule has 7 nitrogen and oxygen atoms in total. The zero-order valence-electron chi connectivity index (χ0n) is 15.3. The molecule has 3 heterocycles. The van der Waals surface area contributed by atoms with Gasteiger partial charge in [-0.15, -0.1) is 11.3 Å². The Kier molecular flexibility index (Phi) is 4.82. The predicted molar refractivity (Wildman–Crippen MR) is 104 cm³/mol. The first-order chi connectivity index (χ1) is 13.1. The van der Waals surface area contributed by atoms with Crippen LogP contribution in [0, 0.1) is 6.92 Å². The normalized spacial score (nSPS) is 19.0. The van der Waals surface area contributed by atoms with Crippen molar-refractivity contribution in [2.45, 2.75) is 38.1 Å². The highest BCUT2D eigenvalue weighted by atomic mass is 32.1. The first-order valence-electron chi connectivity index (χ1n) is 9.29. The van der Waals surface area contributed by atoms with Crippen molar-refractivity contribution in [1.29, 1.82) is 0 Å². The fourth-order valence-corrected chi connectivity index (χ4v) is 4.84. The number of nitrogens with one attached hydrogen (secondary N) is 2. The summed E-state index contributed by atoms with van der Waals surface area (Å²) in [5, 5.41) is 9.05. The number of pyridine rings is 1. The lowest BCUT2D eigenvalue weighted by Crippen LogP contribution is -2.48. The Bertz CT molecular complexity index is 859. The number of aryl methyl sites for hydroxylation is 1. The van der Waals surface area contributed by atoms with E-state index in [9.17, 15) is 9.59 Å².